The van der Waals surface area contributed by atoms with Crippen LogP contribution in [0, 0.1) is 0 Å². The highest BCUT2D eigenvalue weighted by Gasteiger charge is 2.20. The lowest BCUT2D eigenvalue weighted by molar-refractivity contribution is 0.0908. The maximum Gasteiger partial charge on any atom is 0.252 e. The van der Waals surface area contributed by atoms with Crippen molar-refractivity contribution in [1.82, 2.24) is 5.32 Å². The number of rotatable bonds is 7. The fourth-order valence-corrected chi connectivity index (χ4v) is 2.95. The third-order valence-corrected chi connectivity index (χ3v) is 4.33. The summed E-state index contributed by atoms with van der Waals surface area (Å²) in [7, 11) is 0. The molecule has 0 aromatic heterocycles. The van der Waals surface area contributed by atoms with Crippen molar-refractivity contribution in [1.29, 1.82) is 0 Å². The number of aliphatic hydroxyl groups is 1. The third kappa shape index (κ3) is 4.68. The van der Waals surface area contributed by atoms with E-state index in [1.165, 1.54) is 0 Å². The van der Waals surface area contributed by atoms with Gasteiger partial charge in [0.15, 0.2) is 5.78 Å². The summed E-state index contributed by atoms with van der Waals surface area (Å²) in [5.74, 6) is -0.574. The smallest absolute Gasteiger partial charge is 0.252 e. The Morgan fingerprint density at radius 2 is 1.33 bits per heavy atom. The van der Waals surface area contributed by atoms with Gasteiger partial charge in [-0.05, 0) is 18.1 Å². The van der Waals surface area contributed by atoms with E-state index in [2.05, 4.69) is 5.32 Å². The lowest BCUT2D eigenvalue weighted by Crippen LogP contribution is -2.39. The summed E-state index contributed by atoms with van der Waals surface area (Å²) in [6.45, 7) is -0.185. The van der Waals surface area contributed by atoms with Crippen LogP contribution in [0.1, 0.15) is 31.8 Å². The van der Waals surface area contributed by atoms with Crippen molar-refractivity contribution in [2.24, 2.45) is 0 Å². The zero-order valence-electron chi connectivity index (χ0n) is 14.8. The van der Waals surface area contributed by atoms with Gasteiger partial charge < -0.3 is 10.4 Å². The van der Waals surface area contributed by atoms with E-state index in [0.717, 1.165) is 5.56 Å². The molecular formula is C23H21NO3. The van der Waals surface area contributed by atoms with E-state index >= 15 is 0 Å². The minimum absolute atomic E-state index is 0.185. The summed E-state index contributed by atoms with van der Waals surface area (Å²) >= 11 is 0. The number of carbonyl (C=O) groups is 2. The van der Waals surface area contributed by atoms with Crippen LogP contribution in [0.5, 0.6) is 0 Å². The molecule has 1 atom stereocenters. The van der Waals surface area contributed by atoms with Gasteiger partial charge >= 0.3 is 0 Å². The molecule has 3 aromatic carbocycles. The molecule has 0 fully saturated rings. The van der Waals surface area contributed by atoms with Crippen molar-refractivity contribution >= 4 is 11.7 Å². The first kappa shape index (κ1) is 18.5. The largest absolute Gasteiger partial charge is 0.394 e. The molecule has 0 heterocycles. The van der Waals surface area contributed by atoms with Gasteiger partial charge in [0.2, 0.25) is 0 Å². The first-order valence-corrected chi connectivity index (χ1v) is 8.83. The summed E-state index contributed by atoms with van der Waals surface area (Å²) in [5.41, 5.74) is 2.20. The normalized spacial score (nSPS) is 11.6. The van der Waals surface area contributed by atoms with Crippen LogP contribution >= 0.6 is 0 Å². The van der Waals surface area contributed by atoms with Crippen LogP contribution in [0.3, 0.4) is 0 Å². The van der Waals surface area contributed by atoms with Crippen molar-refractivity contribution < 1.29 is 14.7 Å². The predicted octanol–water partition coefficient (Wildman–Crippen LogP) is 3.25. The van der Waals surface area contributed by atoms with E-state index < -0.39 is 6.04 Å². The summed E-state index contributed by atoms with van der Waals surface area (Å²) in [6.07, 6.45) is 0.512. The predicted molar refractivity (Wildman–Crippen MR) is 105 cm³/mol. The zero-order valence-corrected chi connectivity index (χ0v) is 14.8. The fraction of sp³-hybridized carbons (Fsp3) is 0.130. The van der Waals surface area contributed by atoms with Crippen LogP contribution in [-0.2, 0) is 6.42 Å². The molecule has 0 saturated carbocycles. The maximum absolute atomic E-state index is 12.8. The van der Waals surface area contributed by atoms with Gasteiger partial charge in [0.25, 0.3) is 5.91 Å². The molecule has 4 heteroatoms. The SMILES string of the molecule is O=C(N[C@H](CO)Cc1ccccc1)c1ccccc1C(=O)c1ccccc1. The summed E-state index contributed by atoms with van der Waals surface area (Å²) in [5, 5.41) is 12.5. The Morgan fingerprint density at radius 1 is 0.778 bits per heavy atom. The van der Waals surface area contributed by atoms with Gasteiger partial charge in [-0.1, -0.05) is 78.9 Å². The van der Waals surface area contributed by atoms with E-state index in [1.54, 1.807) is 48.5 Å². The van der Waals surface area contributed by atoms with E-state index in [9.17, 15) is 14.7 Å². The quantitative estimate of drug-likeness (QED) is 0.637. The Balaban J connectivity index is 1.79. The van der Waals surface area contributed by atoms with E-state index in [1.807, 2.05) is 36.4 Å². The van der Waals surface area contributed by atoms with Crippen molar-refractivity contribution in [3.8, 4) is 0 Å². The minimum Gasteiger partial charge on any atom is -0.394 e. The third-order valence-electron chi connectivity index (χ3n) is 4.33. The van der Waals surface area contributed by atoms with Gasteiger partial charge in [-0.25, -0.2) is 0 Å². The number of amides is 1. The molecule has 0 unspecified atom stereocenters. The Bertz CT molecular complexity index is 907. The molecule has 136 valence electrons. The molecule has 3 aromatic rings. The number of hydrogen-bond acceptors (Lipinski definition) is 3. The second-order valence-electron chi connectivity index (χ2n) is 6.28. The van der Waals surface area contributed by atoms with Crippen LogP contribution in [-0.4, -0.2) is 29.4 Å². The van der Waals surface area contributed by atoms with Crippen LogP contribution in [0.25, 0.3) is 0 Å². The fourth-order valence-electron chi connectivity index (χ4n) is 2.95. The second kappa shape index (κ2) is 8.92. The van der Waals surface area contributed by atoms with Gasteiger partial charge in [0.1, 0.15) is 0 Å². The maximum atomic E-state index is 12.8. The highest BCUT2D eigenvalue weighted by atomic mass is 16.3. The number of hydrogen-bond donors (Lipinski definition) is 2. The monoisotopic (exact) mass is 359 g/mol. The van der Waals surface area contributed by atoms with E-state index in [0.29, 0.717) is 23.1 Å². The van der Waals surface area contributed by atoms with Crippen molar-refractivity contribution in [2.45, 2.75) is 12.5 Å². The minimum atomic E-state index is -0.431. The van der Waals surface area contributed by atoms with Crippen LogP contribution in [0.4, 0.5) is 0 Å². The van der Waals surface area contributed by atoms with Gasteiger partial charge in [0, 0.05) is 11.1 Å². The molecule has 0 spiro atoms. The molecule has 0 saturated heterocycles. The molecule has 1 amide bonds. The molecule has 0 aliphatic heterocycles. The molecule has 4 nitrogen and oxygen atoms in total. The van der Waals surface area contributed by atoms with Gasteiger partial charge in [-0.2, -0.15) is 0 Å². The average molecular weight is 359 g/mol. The van der Waals surface area contributed by atoms with Crippen molar-refractivity contribution in [3.63, 3.8) is 0 Å². The Morgan fingerprint density at radius 3 is 1.96 bits per heavy atom. The summed E-state index contributed by atoms with van der Waals surface area (Å²) < 4.78 is 0. The summed E-state index contributed by atoms with van der Waals surface area (Å²) in [6, 6.07) is 24.8. The highest BCUT2D eigenvalue weighted by molar-refractivity contribution is 6.15. The number of ketones is 1. The topological polar surface area (TPSA) is 66.4 Å². The first-order valence-electron chi connectivity index (χ1n) is 8.83. The van der Waals surface area contributed by atoms with Crippen LogP contribution in [0.15, 0.2) is 84.9 Å². The molecule has 27 heavy (non-hydrogen) atoms. The van der Waals surface area contributed by atoms with Gasteiger partial charge in [0.05, 0.1) is 18.2 Å². The average Bonchev–Trinajstić information content (AvgIpc) is 2.74. The Hall–Kier alpha value is -3.24. The Labute approximate surface area is 158 Å². The molecule has 0 bridgehead atoms. The zero-order chi connectivity index (χ0) is 19.1. The van der Waals surface area contributed by atoms with Crippen molar-refractivity contribution in [3.05, 3.63) is 107 Å². The number of carbonyl (C=O) groups excluding carboxylic acids is 2. The van der Waals surface area contributed by atoms with Gasteiger partial charge in [-0.15, -0.1) is 0 Å². The van der Waals surface area contributed by atoms with Crippen molar-refractivity contribution in [2.75, 3.05) is 6.61 Å². The molecule has 0 aliphatic rings. The lowest BCUT2D eigenvalue weighted by atomic mass is 9.97. The molecular weight excluding hydrogens is 338 g/mol. The second-order valence-corrected chi connectivity index (χ2v) is 6.28. The van der Waals surface area contributed by atoms with Crippen LogP contribution < -0.4 is 5.32 Å². The first-order chi connectivity index (χ1) is 13.2. The molecule has 2 N–H and O–H groups in total. The van der Waals surface area contributed by atoms with E-state index in [4.69, 9.17) is 0 Å². The molecule has 0 radical (unpaired) electrons. The summed E-state index contributed by atoms with van der Waals surface area (Å²) in [4.78, 5) is 25.6. The molecule has 3 rings (SSSR count). The van der Waals surface area contributed by atoms with Crippen LogP contribution in [0.2, 0.25) is 0 Å². The Kier molecular flexibility index (Phi) is 6.13. The van der Waals surface area contributed by atoms with E-state index in [-0.39, 0.29) is 18.3 Å². The highest BCUT2D eigenvalue weighted by Crippen LogP contribution is 2.15. The lowest BCUT2D eigenvalue weighted by Gasteiger charge is -2.17. The number of nitrogens with one attached hydrogen (secondary N) is 1. The standard InChI is InChI=1S/C23H21NO3/c25-16-19(15-17-9-3-1-4-10-17)24-23(27)21-14-8-7-13-20(21)22(26)18-11-5-2-6-12-18/h1-14,19,25H,15-16H2,(H,24,27)/t19-/m0/s1. The number of aliphatic hydroxyl groups excluding tert-OH is 1. The van der Waals surface area contributed by atoms with Gasteiger partial charge in [-0.3, -0.25) is 9.59 Å². The number of benzene rings is 3. The molecule has 0 aliphatic carbocycles.